The zero-order chi connectivity index (χ0) is 19.1. The third-order valence-corrected chi connectivity index (χ3v) is 5.05. The van der Waals surface area contributed by atoms with Gasteiger partial charge < -0.3 is 19.7 Å². The Kier molecular flexibility index (Phi) is 7.07. The van der Waals surface area contributed by atoms with Crippen LogP contribution in [-0.2, 0) is 27.3 Å². The van der Waals surface area contributed by atoms with Gasteiger partial charge in [-0.25, -0.2) is 0 Å². The average Bonchev–Trinajstić information content (AvgIpc) is 2.65. The molecule has 0 saturated carbocycles. The van der Waals surface area contributed by atoms with Crippen LogP contribution in [0, 0.1) is 0 Å². The van der Waals surface area contributed by atoms with Crippen LogP contribution in [0.25, 0.3) is 0 Å². The van der Waals surface area contributed by atoms with Crippen LogP contribution in [0.1, 0.15) is 61.3 Å². The normalized spacial score (nSPS) is 24.6. The van der Waals surface area contributed by atoms with Gasteiger partial charge in [-0.2, -0.15) is 0 Å². The summed E-state index contributed by atoms with van der Waals surface area (Å²) in [6.07, 6.45) is 12.8. The highest BCUT2D eigenvalue weighted by Crippen LogP contribution is 2.41. The second-order valence-electron chi connectivity index (χ2n) is 7.08. The summed E-state index contributed by atoms with van der Waals surface area (Å²) in [5.41, 5.74) is 1.83. The number of benzene rings is 1. The molecule has 146 valence electrons. The Labute approximate surface area is 160 Å². The molecule has 3 rings (SSSR count). The maximum Gasteiger partial charge on any atom is 0.159 e. The predicted octanol–water partition coefficient (Wildman–Crippen LogP) is 4.26. The van der Waals surface area contributed by atoms with Gasteiger partial charge in [-0.05, 0) is 50.2 Å². The fourth-order valence-corrected chi connectivity index (χ4v) is 3.66. The molecule has 0 amide bonds. The number of hydrogen-bond donors (Lipinski definition) is 2. The smallest absolute Gasteiger partial charge is 0.159 e. The molecule has 1 saturated heterocycles. The molecule has 5 heteroatoms. The van der Waals surface area contributed by atoms with Crippen molar-refractivity contribution in [3.05, 3.63) is 47.1 Å². The number of carbonyl (C=O) groups excluding carboxylic acids is 1. The molecule has 2 aliphatic rings. The number of allylic oxidation sites excluding steroid dienone is 3. The zero-order valence-corrected chi connectivity index (χ0v) is 15.7. The van der Waals surface area contributed by atoms with Crippen LogP contribution in [0.2, 0.25) is 0 Å². The first-order valence-corrected chi connectivity index (χ1v) is 9.77. The highest BCUT2D eigenvalue weighted by molar-refractivity contribution is 5.92. The molecule has 2 heterocycles. The van der Waals surface area contributed by atoms with Gasteiger partial charge in [0.05, 0.1) is 19.3 Å². The Balaban J connectivity index is 1.99. The summed E-state index contributed by atoms with van der Waals surface area (Å²) >= 11 is 0. The van der Waals surface area contributed by atoms with Gasteiger partial charge >= 0.3 is 0 Å². The van der Waals surface area contributed by atoms with Crippen molar-refractivity contribution in [3.63, 3.8) is 0 Å². The van der Waals surface area contributed by atoms with Crippen LogP contribution in [0.4, 0.5) is 0 Å². The van der Waals surface area contributed by atoms with Gasteiger partial charge in [-0.1, -0.05) is 18.2 Å². The maximum atomic E-state index is 12.5. The highest BCUT2D eigenvalue weighted by Gasteiger charge is 2.27. The van der Waals surface area contributed by atoms with E-state index in [0.29, 0.717) is 29.9 Å². The van der Waals surface area contributed by atoms with Crippen LogP contribution in [0.3, 0.4) is 0 Å². The molecule has 1 fully saturated rings. The number of phenolic OH excluding ortho intramolecular Hbond substituents is 2. The minimum Gasteiger partial charge on any atom is -0.507 e. The van der Waals surface area contributed by atoms with Gasteiger partial charge in [0, 0.05) is 30.2 Å². The molecule has 1 atom stereocenters. The van der Waals surface area contributed by atoms with Crippen molar-refractivity contribution in [2.45, 2.75) is 57.7 Å². The van der Waals surface area contributed by atoms with E-state index < -0.39 is 0 Å². The molecule has 0 bridgehead atoms. The molecule has 0 aliphatic carbocycles. The van der Waals surface area contributed by atoms with Crippen LogP contribution in [0.5, 0.6) is 11.5 Å². The summed E-state index contributed by atoms with van der Waals surface area (Å²) in [6, 6.07) is 1.35. The first kappa shape index (κ1) is 19.6. The Morgan fingerprint density at radius 1 is 0.926 bits per heavy atom. The molecule has 0 spiro atoms. The third-order valence-electron chi connectivity index (χ3n) is 5.05. The van der Waals surface area contributed by atoms with Gasteiger partial charge in [-0.3, -0.25) is 4.79 Å². The van der Waals surface area contributed by atoms with Crippen LogP contribution in [-0.4, -0.2) is 29.2 Å². The number of carbonyl (C=O) groups is 1. The Hall–Kier alpha value is -2.11. The molecule has 1 unspecified atom stereocenters. The average molecular weight is 372 g/mol. The standard InChI is InChI=1S/C22H28O5/c23-16-9-5-3-1-2-4-7-11-26-15-18-17(13-16)22(20(25)14-19(18)24)21-10-6-8-12-27-21/h2,4-5,9,14,21,24-25H,1,3,6-8,10-13,15H2/b4-2+,9-5+. The highest BCUT2D eigenvalue weighted by atomic mass is 16.5. The summed E-state index contributed by atoms with van der Waals surface area (Å²) in [7, 11) is 0. The minimum absolute atomic E-state index is 0.0148. The monoisotopic (exact) mass is 372 g/mol. The number of hydrogen-bond acceptors (Lipinski definition) is 5. The molecule has 27 heavy (non-hydrogen) atoms. The van der Waals surface area contributed by atoms with E-state index in [-0.39, 0.29) is 36.4 Å². The summed E-state index contributed by atoms with van der Waals surface area (Å²) in [6.45, 7) is 1.37. The van der Waals surface area contributed by atoms with E-state index in [1.165, 1.54) is 6.07 Å². The van der Waals surface area contributed by atoms with Crippen LogP contribution < -0.4 is 0 Å². The maximum absolute atomic E-state index is 12.5. The largest absolute Gasteiger partial charge is 0.507 e. The first-order valence-electron chi connectivity index (χ1n) is 9.77. The number of aromatic hydroxyl groups is 2. The topological polar surface area (TPSA) is 76.0 Å². The Morgan fingerprint density at radius 3 is 2.56 bits per heavy atom. The van der Waals surface area contributed by atoms with Crippen LogP contribution >= 0.6 is 0 Å². The van der Waals surface area contributed by atoms with E-state index in [9.17, 15) is 15.0 Å². The zero-order valence-electron chi connectivity index (χ0n) is 15.7. The van der Waals surface area contributed by atoms with Crippen molar-refractivity contribution in [3.8, 4) is 11.5 Å². The van der Waals surface area contributed by atoms with E-state index in [2.05, 4.69) is 12.2 Å². The predicted molar refractivity (Wildman–Crippen MR) is 103 cm³/mol. The van der Waals surface area contributed by atoms with E-state index in [4.69, 9.17) is 9.47 Å². The first-order chi connectivity index (χ1) is 13.2. The van der Waals surface area contributed by atoms with E-state index in [0.717, 1.165) is 38.5 Å². The SMILES string of the molecule is O=C1/C=C/CC/C=C/CCOCc2c(O)cc(O)c(C3CCCCO3)c2C1. The molecular weight excluding hydrogens is 344 g/mol. The number of ether oxygens (including phenoxy) is 2. The van der Waals surface area contributed by atoms with Gasteiger partial charge in [0.25, 0.3) is 0 Å². The molecule has 2 N–H and O–H groups in total. The van der Waals surface area contributed by atoms with Crippen molar-refractivity contribution >= 4 is 5.78 Å². The summed E-state index contributed by atoms with van der Waals surface area (Å²) < 4.78 is 11.6. The minimum atomic E-state index is -0.258. The number of ketones is 1. The number of rotatable bonds is 1. The van der Waals surface area contributed by atoms with Gasteiger partial charge in [0.15, 0.2) is 5.78 Å². The van der Waals surface area contributed by atoms with Crippen molar-refractivity contribution in [1.29, 1.82) is 0 Å². The molecule has 1 aromatic carbocycles. The lowest BCUT2D eigenvalue weighted by Crippen LogP contribution is -2.17. The lowest BCUT2D eigenvalue weighted by atomic mass is 9.89. The van der Waals surface area contributed by atoms with Gasteiger partial charge in [0.2, 0.25) is 0 Å². The Bertz CT molecular complexity index is 714. The fraction of sp³-hybridized carbons (Fsp3) is 0.500. The van der Waals surface area contributed by atoms with Crippen molar-refractivity contribution in [2.75, 3.05) is 13.2 Å². The summed E-state index contributed by atoms with van der Waals surface area (Å²) in [4.78, 5) is 12.5. The number of fused-ring (bicyclic) bond motifs is 1. The molecular formula is C22H28O5. The number of phenols is 2. The van der Waals surface area contributed by atoms with Crippen molar-refractivity contribution in [1.82, 2.24) is 0 Å². The van der Waals surface area contributed by atoms with Gasteiger partial charge in [-0.15, -0.1) is 0 Å². The fourth-order valence-electron chi connectivity index (χ4n) is 3.66. The van der Waals surface area contributed by atoms with E-state index in [1.54, 1.807) is 6.08 Å². The summed E-state index contributed by atoms with van der Waals surface area (Å²) in [5.74, 6) is -0.111. The van der Waals surface area contributed by atoms with Crippen LogP contribution in [0.15, 0.2) is 30.4 Å². The summed E-state index contributed by atoms with van der Waals surface area (Å²) in [5, 5.41) is 21.0. The molecule has 0 radical (unpaired) electrons. The molecule has 0 aromatic heterocycles. The van der Waals surface area contributed by atoms with E-state index >= 15 is 0 Å². The van der Waals surface area contributed by atoms with Crippen molar-refractivity contribution in [2.24, 2.45) is 0 Å². The van der Waals surface area contributed by atoms with E-state index in [1.807, 2.05) is 6.08 Å². The second kappa shape index (κ2) is 9.72. The molecule has 2 aliphatic heterocycles. The quantitative estimate of drug-likeness (QED) is 0.720. The molecule has 1 aromatic rings. The lowest BCUT2D eigenvalue weighted by molar-refractivity contribution is -0.114. The third kappa shape index (κ3) is 5.21. The lowest BCUT2D eigenvalue weighted by Gasteiger charge is -2.27. The molecule has 5 nitrogen and oxygen atoms in total. The Morgan fingerprint density at radius 2 is 1.74 bits per heavy atom. The second-order valence-corrected chi connectivity index (χ2v) is 7.08. The van der Waals surface area contributed by atoms with Gasteiger partial charge in [0.1, 0.15) is 11.5 Å². The van der Waals surface area contributed by atoms with Crippen molar-refractivity contribution < 1.29 is 24.5 Å².